The maximum absolute atomic E-state index is 8.95. The molecule has 0 N–H and O–H groups in total. The molecule has 4 nitrogen and oxygen atoms in total. The Balaban J connectivity index is 2.24. The minimum atomic E-state index is 0.553. The molecule has 3 aromatic rings. The fourth-order valence-corrected chi connectivity index (χ4v) is 2.22. The van der Waals surface area contributed by atoms with Crippen molar-refractivity contribution in [1.29, 1.82) is 5.26 Å². The summed E-state index contributed by atoms with van der Waals surface area (Å²) in [7, 11) is 0. The number of hydrogen-bond acceptors (Lipinski definition) is 3. The van der Waals surface area contributed by atoms with Crippen LogP contribution in [0.15, 0.2) is 41.0 Å². The molecule has 0 fully saturated rings. The van der Waals surface area contributed by atoms with Gasteiger partial charge in [-0.2, -0.15) is 5.26 Å². The van der Waals surface area contributed by atoms with Gasteiger partial charge in [-0.25, -0.2) is 0 Å². The van der Waals surface area contributed by atoms with Crippen LogP contribution in [0.4, 0.5) is 0 Å². The molecule has 19 heavy (non-hydrogen) atoms. The average Bonchev–Trinajstić information content (AvgIpc) is 2.84. The molecule has 0 amide bonds. The molecule has 0 aliphatic heterocycles. The van der Waals surface area contributed by atoms with E-state index in [-0.39, 0.29) is 0 Å². The number of fused-ring (bicyclic) bond motifs is 1. The molecular formula is C13H6BrClN4. The van der Waals surface area contributed by atoms with Crippen molar-refractivity contribution in [3.63, 3.8) is 0 Å². The van der Waals surface area contributed by atoms with E-state index in [1.54, 1.807) is 28.8 Å². The lowest BCUT2D eigenvalue weighted by molar-refractivity contribution is 1.11. The highest BCUT2D eigenvalue weighted by Crippen LogP contribution is 2.28. The Labute approximate surface area is 122 Å². The van der Waals surface area contributed by atoms with Gasteiger partial charge in [0, 0.05) is 16.2 Å². The predicted octanol–water partition coefficient (Wildman–Crippen LogP) is 3.68. The molecule has 6 heteroatoms. The molecule has 1 aromatic carbocycles. The molecule has 0 spiro atoms. The number of rotatable bonds is 1. The Hall–Kier alpha value is -1.90. The van der Waals surface area contributed by atoms with Crippen LogP contribution in [-0.4, -0.2) is 14.6 Å². The van der Waals surface area contributed by atoms with Gasteiger partial charge in [0.15, 0.2) is 11.5 Å². The first-order valence-electron chi connectivity index (χ1n) is 5.39. The lowest BCUT2D eigenvalue weighted by atomic mass is 10.2. The molecule has 2 heterocycles. The Morgan fingerprint density at radius 3 is 2.79 bits per heavy atom. The van der Waals surface area contributed by atoms with Gasteiger partial charge in [-0.1, -0.05) is 11.6 Å². The van der Waals surface area contributed by atoms with Gasteiger partial charge < -0.3 is 0 Å². The van der Waals surface area contributed by atoms with Gasteiger partial charge in [0.2, 0.25) is 0 Å². The van der Waals surface area contributed by atoms with Crippen molar-refractivity contribution < 1.29 is 0 Å². The van der Waals surface area contributed by atoms with Gasteiger partial charge in [-0.15, -0.1) is 10.2 Å². The Kier molecular flexibility index (Phi) is 2.97. The van der Waals surface area contributed by atoms with Gasteiger partial charge in [0.1, 0.15) is 6.07 Å². The number of nitrogens with zero attached hydrogens (tertiary/aromatic N) is 4. The number of hydrogen-bond donors (Lipinski definition) is 0. The van der Waals surface area contributed by atoms with Crippen molar-refractivity contribution in [3.8, 4) is 17.5 Å². The van der Waals surface area contributed by atoms with Crippen LogP contribution in [0.5, 0.6) is 0 Å². The minimum Gasteiger partial charge on any atom is -0.281 e. The summed E-state index contributed by atoms with van der Waals surface area (Å²) in [4.78, 5) is 0. The fourth-order valence-electron chi connectivity index (χ4n) is 1.79. The van der Waals surface area contributed by atoms with Crippen molar-refractivity contribution in [1.82, 2.24) is 14.6 Å². The zero-order chi connectivity index (χ0) is 13.4. The lowest BCUT2D eigenvalue weighted by Gasteiger charge is -2.02. The quantitative estimate of drug-likeness (QED) is 0.682. The van der Waals surface area contributed by atoms with E-state index in [0.717, 1.165) is 10.0 Å². The fraction of sp³-hybridized carbons (Fsp3) is 0. The molecule has 2 aromatic heterocycles. The summed E-state index contributed by atoms with van der Waals surface area (Å²) < 4.78 is 2.60. The first-order valence-corrected chi connectivity index (χ1v) is 6.56. The van der Waals surface area contributed by atoms with Crippen molar-refractivity contribution in [2.45, 2.75) is 0 Å². The Morgan fingerprint density at radius 2 is 2.05 bits per heavy atom. The third-order valence-electron chi connectivity index (χ3n) is 2.71. The number of halogens is 2. The molecule has 0 unspecified atom stereocenters. The maximum atomic E-state index is 8.95. The minimum absolute atomic E-state index is 0.553. The number of aromatic nitrogens is 3. The summed E-state index contributed by atoms with van der Waals surface area (Å²) in [5, 5.41) is 17.8. The normalized spacial score (nSPS) is 10.6. The third-order valence-corrected chi connectivity index (χ3v) is 3.94. The molecule has 3 rings (SSSR count). The molecule has 0 aliphatic carbocycles. The Bertz CT molecular complexity index is 819. The van der Waals surface area contributed by atoms with Gasteiger partial charge >= 0.3 is 0 Å². The number of pyridine rings is 1. The molecule has 0 atom stereocenters. The maximum Gasteiger partial charge on any atom is 0.168 e. The SMILES string of the molecule is N#Cc1ccc2nnc(-c3ccc(Br)c(Cl)c3)n2c1. The third kappa shape index (κ3) is 2.09. The second-order valence-electron chi connectivity index (χ2n) is 3.91. The van der Waals surface area contributed by atoms with E-state index in [9.17, 15) is 0 Å². The lowest BCUT2D eigenvalue weighted by Crippen LogP contribution is -1.91. The van der Waals surface area contributed by atoms with E-state index in [4.69, 9.17) is 16.9 Å². The number of nitriles is 1. The summed E-state index contributed by atoms with van der Waals surface area (Å²) in [6.07, 6.45) is 1.71. The molecule has 0 saturated heterocycles. The zero-order valence-electron chi connectivity index (χ0n) is 9.51. The van der Waals surface area contributed by atoms with Gasteiger partial charge in [-0.3, -0.25) is 4.40 Å². The summed E-state index contributed by atoms with van der Waals surface area (Å²) in [6.45, 7) is 0. The van der Waals surface area contributed by atoms with Crippen LogP contribution in [0, 0.1) is 11.3 Å². The summed E-state index contributed by atoms with van der Waals surface area (Å²) >= 11 is 9.43. The largest absolute Gasteiger partial charge is 0.281 e. The van der Waals surface area contributed by atoms with Crippen molar-refractivity contribution in [2.24, 2.45) is 0 Å². The van der Waals surface area contributed by atoms with Gasteiger partial charge in [-0.05, 0) is 46.3 Å². The van der Waals surface area contributed by atoms with Crippen LogP contribution in [-0.2, 0) is 0 Å². The van der Waals surface area contributed by atoms with Crippen molar-refractivity contribution >= 4 is 33.2 Å². The standard InChI is InChI=1S/C13H6BrClN4/c14-10-3-2-9(5-11(10)15)13-18-17-12-4-1-8(6-16)7-19(12)13/h1-5,7H. The topological polar surface area (TPSA) is 54.0 Å². The first kappa shape index (κ1) is 12.2. The molecule has 0 radical (unpaired) electrons. The molecular weight excluding hydrogens is 328 g/mol. The molecule has 0 saturated carbocycles. The smallest absolute Gasteiger partial charge is 0.168 e. The average molecular weight is 334 g/mol. The van der Waals surface area contributed by atoms with Gasteiger partial charge in [0.25, 0.3) is 0 Å². The van der Waals surface area contributed by atoms with E-state index >= 15 is 0 Å². The first-order chi connectivity index (χ1) is 9.19. The molecule has 0 aliphatic rings. The van der Waals surface area contributed by atoms with E-state index < -0.39 is 0 Å². The zero-order valence-corrected chi connectivity index (χ0v) is 11.9. The van der Waals surface area contributed by atoms with Crippen molar-refractivity contribution in [3.05, 3.63) is 51.6 Å². The van der Waals surface area contributed by atoms with Crippen LogP contribution in [0.3, 0.4) is 0 Å². The highest BCUT2D eigenvalue weighted by atomic mass is 79.9. The van der Waals surface area contributed by atoms with Crippen LogP contribution >= 0.6 is 27.5 Å². The summed E-state index contributed by atoms with van der Waals surface area (Å²) in [6, 6.07) is 11.1. The van der Waals surface area contributed by atoms with Crippen molar-refractivity contribution in [2.75, 3.05) is 0 Å². The molecule has 92 valence electrons. The highest BCUT2D eigenvalue weighted by Gasteiger charge is 2.10. The Morgan fingerprint density at radius 1 is 1.21 bits per heavy atom. The van der Waals surface area contributed by atoms with Crippen LogP contribution in [0.2, 0.25) is 5.02 Å². The van der Waals surface area contributed by atoms with Gasteiger partial charge in [0.05, 0.1) is 10.6 Å². The predicted molar refractivity (Wildman–Crippen MR) is 75.8 cm³/mol. The highest BCUT2D eigenvalue weighted by molar-refractivity contribution is 9.10. The summed E-state index contributed by atoms with van der Waals surface area (Å²) in [5.74, 6) is 0.654. The van der Waals surface area contributed by atoms with E-state index in [1.165, 1.54) is 0 Å². The number of benzene rings is 1. The van der Waals surface area contributed by atoms with E-state index in [0.29, 0.717) is 22.1 Å². The van der Waals surface area contributed by atoms with Crippen LogP contribution < -0.4 is 0 Å². The second kappa shape index (κ2) is 4.65. The second-order valence-corrected chi connectivity index (χ2v) is 5.17. The molecule has 0 bridgehead atoms. The monoisotopic (exact) mass is 332 g/mol. The summed E-state index contributed by atoms with van der Waals surface area (Å²) in [5.41, 5.74) is 2.08. The van der Waals surface area contributed by atoms with E-state index in [1.807, 2.05) is 12.1 Å². The van der Waals surface area contributed by atoms with Crippen LogP contribution in [0.25, 0.3) is 17.0 Å². The van der Waals surface area contributed by atoms with Crippen LogP contribution in [0.1, 0.15) is 5.56 Å². The van der Waals surface area contributed by atoms with E-state index in [2.05, 4.69) is 32.2 Å².